The Balaban J connectivity index is 1.67. The summed E-state index contributed by atoms with van der Waals surface area (Å²) in [6.07, 6.45) is -0.839. The summed E-state index contributed by atoms with van der Waals surface area (Å²) in [5.74, 6) is -4.38. The number of aryl methyl sites for hydroxylation is 1. The summed E-state index contributed by atoms with van der Waals surface area (Å²) in [5, 5.41) is 3.03. The number of halogens is 3. The number of alkyl halides is 2. The van der Waals surface area contributed by atoms with E-state index in [1.165, 1.54) is 36.5 Å². The standard InChI is InChI=1S/C24H20ClF2N3O3/c1-14-3-2-4-16(11-14)22(32)29-21(20(31)15-5-7-18(25)8-6-15)30-10-9-19(28-23(30)33)17-12-24(26,27)13-17/h2-11,17,21H,12-13H2,1H3,(H,29,32). The smallest absolute Gasteiger partial charge is 0.325 e. The van der Waals surface area contributed by atoms with Crippen LogP contribution in [0.3, 0.4) is 0 Å². The van der Waals surface area contributed by atoms with E-state index in [4.69, 9.17) is 11.6 Å². The fourth-order valence-corrected chi connectivity index (χ4v) is 3.87. The molecule has 6 nitrogen and oxygen atoms in total. The molecule has 1 fully saturated rings. The van der Waals surface area contributed by atoms with Crippen LogP contribution in [-0.4, -0.2) is 27.2 Å². The number of aromatic nitrogens is 2. The number of Topliss-reactive ketones (excluding diaryl/α,β-unsaturated/α-hetero) is 1. The average Bonchev–Trinajstić information content (AvgIpc) is 2.76. The highest BCUT2D eigenvalue weighted by Crippen LogP contribution is 2.47. The molecule has 1 aromatic heterocycles. The van der Waals surface area contributed by atoms with Gasteiger partial charge in [0.1, 0.15) is 0 Å². The maximum Gasteiger partial charge on any atom is 0.349 e. The van der Waals surface area contributed by atoms with Gasteiger partial charge in [0.15, 0.2) is 6.17 Å². The zero-order chi connectivity index (χ0) is 23.8. The summed E-state index contributed by atoms with van der Waals surface area (Å²) in [7, 11) is 0. The van der Waals surface area contributed by atoms with E-state index in [9.17, 15) is 23.2 Å². The van der Waals surface area contributed by atoms with Crippen LogP contribution < -0.4 is 11.0 Å². The van der Waals surface area contributed by atoms with Crippen LogP contribution in [0.1, 0.15) is 56.9 Å². The van der Waals surface area contributed by atoms with Crippen molar-refractivity contribution in [3.8, 4) is 0 Å². The second-order valence-electron chi connectivity index (χ2n) is 8.12. The Hall–Kier alpha value is -3.39. The van der Waals surface area contributed by atoms with Crippen LogP contribution in [0.4, 0.5) is 8.78 Å². The summed E-state index contributed by atoms with van der Waals surface area (Å²) in [6, 6.07) is 14.2. The van der Waals surface area contributed by atoms with Gasteiger partial charge in [-0.1, -0.05) is 29.3 Å². The normalized spacial score (nSPS) is 16.0. The summed E-state index contributed by atoms with van der Waals surface area (Å²) >= 11 is 5.90. The second kappa shape index (κ2) is 8.86. The lowest BCUT2D eigenvalue weighted by Gasteiger charge is -2.34. The molecule has 170 valence electrons. The molecule has 1 heterocycles. The fourth-order valence-electron chi connectivity index (χ4n) is 3.75. The Kier molecular flexibility index (Phi) is 6.12. The number of benzene rings is 2. The third kappa shape index (κ3) is 5.01. The van der Waals surface area contributed by atoms with Gasteiger partial charge in [0.25, 0.3) is 5.91 Å². The van der Waals surface area contributed by atoms with Gasteiger partial charge >= 0.3 is 5.69 Å². The summed E-state index contributed by atoms with van der Waals surface area (Å²) in [5.41, 5.74) is 0.815. The Labute approximate surface area is 193 Å². The Morgan fingerprint density at radius 2 is 1.82 bits per heavy atom. The minimum absolute atomic E-state index is 0.226. The van der Waals surface area contributed by atoms with E-state index in [1.54, 1.807) is 18.2 Å². The number of rotatable bonds is 6. The van der Waals surface area contributed by atoms with Gasteiger partial charge in [-0.05, 0) is 49.4 Å². The van der Waals surface area contributed by atoms with Gasteiger partial charge in [-0.25, -0.2) is 13.6 Å². The van der Waals surface area contributed by atoms with Gasteiger partial charge in [0.2, 0.25) is 11.7 Å². The van der Waals surface area contributed by atoms with Gasteiger partial charge in [0, 0.05) is 41.1 Å². The highest BCUT2D eigenvalue weighted by atomic mass is 35.5. The van der Waals surface area contributed by atoms with Gasteiger partial charge in [-0.15, -0.1) is 0 Å². The zero-order valence-electron chi connectivity index (χ0n) is 17.6. The van der Waals surface area contributed by atoms with Crippen LogP contribution in [-0.2, 0) is 0 Å². The lowest BCUT2D eigenvalue weighted by atomic mass is 9.79. The maximum absolute atomic E-state index is 13.3. The molecular formula is C24H20ClF2N3O3. The monoisotopic (exact) mass is 471 g/mol. The van der Waals surface area contributed by atoms with E-state index in [0.717, 1.165) is 10.1 Å². The van der Waals surface area contributed by atoms with E-state index in [1.807, 2.05) is 13.0 Å². The first-order valence-corrected chi connectivity index (χ1v) is 10.6. The van der Waals surface area contributed by atoms with Crippen LogP contribution in [0.2, 0.25) is 5.02 Å². The SMILES string of the molecule is Cc1cccc(C(=O)NC(C(=O)c2ccc(Cl)cc2)n2ccc(C3CC(F)(F)C3)nc2=O)c1. The quantitative estimate of drug-likeness (QED) is 0.535. The van der Waals surface area contributed by atoms with Crippen molar-refractivity contribution in [2.75, 3.05) is 0 Å². The number of amides is 1. The lowest BCUT2D eigenvalue weighted by Crippen LogP contribution is -2.43. The molecular weight excluding hydrogens is 452 g/mol. The molecule has 33 heavy (non-hydrogen) atoms. The van der Waals surface area contributed by atoms with Crippen molar-refractivity contribution in [2.45, 2.75) is 37.8 Å². The zero-order valence-corrected chi connectivity index (χ0v) is 18.4. The van der Waals surface area contributed by atoms with E-state index in [0.29, 0.717) is 10.6 Å². The Bertz CT molecular complexity index is 1270. The molecule has 0 radical (unpaired) electrons. The first kappa shape index (κ1) is 22.8. The topological polar surface area (TPSA) is 81.1 Å². The first-order valence-electron chi connectivity index (χ1n) is 10.3. The number of carbonyl (C=O) groups is 2. The van der Waals surface area contributed by atoms with Crippen LogP contribution in [0.5, 0.6) is 0 Å². The molecule has 1 aliphatic rings. The molecule has 0 bridgehead atoms. The van der Waals surface area contributed by atoms with E-state index < -0.39 is 35.4 Å². The van der Waals surface area contributed by atoms with Gasteiger partial charge in [0.05, 0.1) is 5.69 Å². The van der Waals surface area contributed by atoms with Crippen molar-refractivity contribution < 1.29 is 18.4 Å². The lowest BCUT2D eigenvalue weighted by molar-refractivity contribution is -0.0877. The number of hydrogen-bond acceptors (Lipinski definition) is 4. The van der Waals surface area contributed by atoms with Crippen molar-refractivity contribution in [1.29, 1.82) is 0 Å². The molecule has 1 saturated carbocycles. The van der Waals surface area contributed by atoms with Crippen LogP contribution in [0.15, 0.2) is 65.6 Å². The van der Waals surface area contributed by atoms with E-state index in [2.05, 4.69) is 10.3 Å². The molecule has 1 unspecified atom stereocenters. The molecule has 0 spiro atoms. The molecule has 2 aromatic carbocycles. The van der Waals surface area contributed by atoms with Crippen molar-refractivity contribution >= 4 is 23.3 Å². The number of nitrogens with one attached hydrogen (secondary N) is 1. The third-order valence-corrected chi connectivity index (χ3v) is 5.82. The molecule has 0 saturated heterocycles. The largest absolute Gasteiger partial charge is 0.349 e. The Morgan fingerprint density at radius 1 is 1.12 bits per heavy atom. The van der Waals surface area contributed by atoms with Crippen molar-refractivity contribution in [1.82, 2.24) is 14.9 Å². The van der Waals surface area contributed by atoms with E-state index >= 15 is 0 Å². The number of hydrogen-bond donors (Lipinski definition) is 1. The molecule has 1 atom stereocenters. The van der Waals surface area contributed by atoms with Crippen LogP contribution in [0.25, 0.3) is 0 Å². The highest BCUT2D eigenvalue weighted by Gasteiger charge is 2.46. The third-order valence-electron chi connectivity index (χ3n) is 5.56. The second-order valence-corrected chi connectivity index (χ2v) is 8.56. The minimum Gasteiger partial charge on any atom is -0.325 e. The molecule has 3 aromatic rings. The van der Waals surface area contributed by atoms with Crippen LogP contribution in [0, 0.1) is 6.92 Å². The van der Waals surface area contributed by atoms with Gasteiger partial charge in [-0.3, -0.25) is 14.2 Å². The molecule has 0 aliphatic heterocycles. The van der Waals surface area contributed by atoms with Crippen molar-refractivity contribution in [3.05, 3.63) is 98.7 Å². The maximum atomic E-state index is 13.3. The summed E-state index contributed by atoms with van der Waals surface area (Å²) < 4.78 is 27.4. The van der Waals surface area contributed by atoms with Crippen molar-refractivity contribution in [2.24, 2.45) is 0 Å². The highest BCUT2D eigenvalue weighted by molar-refractivity contribution is 6.30. The van der Waals surface area contributed by atoms with Crippen molar-refractivity contribution in [3.63, 3.8) is 0 Å². The number of nitrogens with zero attached hydrogens (tertiary/aromatic N) is 2. The number of carbonyl (C=O) groups excluding carboxylic acids is 2. The molecule has 9 heteroatoms. The van der Waals surface area contributed by atoms with Crippen LogP contribution >= 0.6 is 11.6 Å². The number of ketones is 1. The molecule has 1 amide bonds. The average molecular weight is 472 g/mol. The van der Waals surface area contributed by atoms with Gasteiger partial charge in [-0.2, -0.15) is 4.98 Å². The predicted molar refractivity (Wildman–Crippen MR) is 119 cm³/mol. The summed E-state index contributed by atoms with van der Waals surface area (Å²) in [4.78, 5) is 42.9. The molecule has 4 rings (SSSR count). The summed E-state index contributed by atoms with van der Waals surface area (Å²) in [6.45, 7) is 1.82. The minimum atomic E-state index is -2.75. The molecule has 1 aliphatic carbocycles. The fraction of sp³-hybridized carbons (Fsp3) is 0.250. The Morgan fingerprint density at radius 3 is 2.42 bits per heavy atom. The molecule has 1 N–H and O–H groups in total. The first-order chi connectivity index (χ1) is 15.6. The van der Waals surface area contributed by atoms with E-state index in [-0.39, 0.29) is 24.1 Å². The van der Waals surface area contributed by atoms with Gasteiger partial charge < -0.3 is 5.32 Å². The predicted octanol–water partition coefficient (Wildman–Crippen LogP) is 4.53.